The zero-order valence-corrected chi connectivity index (χ0v) is 11.4. The predicted molar refractivity (Wildman–Crippen MR) is 76.2 cm³/mol. The van der Waals surface area contributed by atoms with Gasteiger partial charge in [-0.3, -0.25) is 14.9 Å². The number of nitro groups is 1. The van der Waals surface area contributed by atoms with Crippen molar-refractivity contribution < 1.29 is 14.5 Å². The number of ether oxygens (including phenoxy) is 1. The van der Waals surface area contributed by atoms with Crippen LogP contribution in [0.5, 0.6) is 0 Å². The van der Waals surface area contributed by atoms with Crippen molar-refractivity contribution in [2.24, 2.45) is 0 Å². The van der Waals surface area contributed by atoms with Crippen LogP contribution >= 0.6 is 11.3 Å². The van der Waals surface area contributed by atoms with Crippen molar-refractivity contribution in [3.8, 4) is 0 Å². The number of carbonyl (C=O) groups is 1. The van der Waals surface area contributed by atoms with E-state index in [4.69, 9.17) is 4.74 Å². The lowest BCUT2D eigenvalue weighted by molar-refractivity contribution is -0.384. The lowest BCUT2D eigenvalue weighted by atomic mass is 10.2. The van der Waals surface area contributed by atoms with Gasteiger partial charge in [0.05, 0.1) is 9.80 Å². The van der Waals surface area contributed by atoms with Gasteiger partial charge in [0.1, 0.15) is 0 Å². The molecule has 2 rings (SSSR count). The number of methoxy groups -OCH3 is 1. The molecule has 0 amide bonds. The third-order valence-electron chi connectivity index (χ3n) is 2.61. The summed E-state index contributed by atoms with van der Waals surface area (Å²) < 4.78 is 5.13. The number of benzene rings is 1. The first-order valence-electron chi connectivity index (χ1n) is 5.73. The van der Waals surface area contributed by atoms with Crippen LogP contribution in [0.25, 0.3) is 0 Å². The number of nitrogens with one attached hydrogen (secondary N) is 1. The van der Waals surface area contributed by atoms with Crippen LogP contribution in [-0.4, -0.2) is 24.0 Å². The zero-order chi connectivity index (χ0) is 14.5. The van der Waals surface area contributed by atoms with Crippen LogP contribution in [0.15, 0.2) is 41.8 Å². The highest BCUT2D eigenvalue weighted by molar-refractivity contribution is 7.12. The standard InChI is InChI=1S/C13H12N2O4S/c1-19-13(12(16)11-3-2-8-20-11)14-9-4-6-10(7-5-9)15(17)18/h2-8,13-14H,1H3. The predicted octanol–water partition coefficient (Wildman–Crippen LogP) is 2.92. The van der Waals surface area contributed by atoms with Gasteiger partial charge in [0.2, 0.25) is 5.78 Å². The molecule has 104 valence electrons. The van der Waals surface area contributed by atoms with Gasteiger partial charge in [-0.25, -0.2) is 0 Å². The number of ketones is 1. The van der Waals surface area contributed by atoms with E-state index in [1.165, 1.54) is 42.7 Å². The molecule has 1 heterocycles. The molecule has 1 atom stereocenters. The SMILES string of the molecule is COC(Nc1ccc([N+](=O)[O-])cc1)C(=O)c1cccs1. The molecule has 0 saturated heterocycles. The number of carbonyl (C=O) groups excluding carboxylic acids is 1. The van der Waals surface area contributed by atoms with Gasteiger partial charge in [0, 0.05) is 24.9 Å². The van der Waals surface area contributed by atoms with Gasteiger partial charge < -0.3 is 10.1 Å². The van der Waals surface area contributed by atoms with E-state index < -0.39 is 11.2 Å². The number of nitrogens with zero attached hydrogens (tertiary/aromatic N) is 1. The van der Waals surface area contributed by atoms with Crippen LogP contribution in [0.4, 0.5) is 11.4 Å². The highest BCUT2D eigenvalue weighted by Crippen LogP contribution is 2.18. The molecule has 0 saturated carbocycles. The highest BCUT2D eigenvalue weighted by atomic mass is 32.1. The van der Waals surface area contributed by atoms with Crippen molar-refractivity contribution in [3.63, 3.8) is 0 Å². The number of anilines is 1. The topological polar surface area (TPSA) is 81.5 Å². The molecule has 0 aliphatic carbocycles. The first-order valence-corrected chi connectivity index (χ1v) is 6.61. The minimum atomic E-state index is -0.824. The van der Waals surface area contributed by atoms with E-state index >= 15 is 0 Å². The summed E-state index contributed by atoms with van der Waals surface area (Å²) in [5.74, 6) is -0.180. The lowest BCUT2D eigenvalue weighted by Gasteiger charge is -2.16. The van der Waals surface area contributed by atoms with Gasteiger partial charge in [-0.05, 0) is 23.6 Å². The summed E-state index contributed by atoms with van der Waals surface area (Å²) in [5, 5.41) is 15.3. The molecule has 0 bridgehead atoms. The molecule has 0 radical (unpaired) electrons. The number of nitro benzene ring substituents is 1. The van der Waals surface area contributed by atoms with E-state index in [-0.39, 0.29) is 11.5 Å². The summed E-state index contributed by atoms with van der Waals surface area (Å²) in [6.45, 7) is 0. The summed E-state index contributed by atoms with van der Waals surface area (Å²) in [6.07, 6.45) is -0.824. The summed E-state index contributed by atoms with van der Waals surface area (Å²) in [4.78, 5) is 22.8. The van der Waals surface area contributed by atoms with Crippen molar-refractivity contribution >= 4 is 28.5 Å². The Morgan fingerprint density at radius 3 is 2.55 bits per heavy atom. The molecule has 0 spiro atoms. The van der Waals surface area contributed by atoms with Gasteiger partial charge in [-0.1, -0.05) is 6.07 Å². The largest absolute Gasteiger partial charge is 0.354 e. The van der Waals surface area contributed by atoms with Crippen molar-refractivity contribution in [3.05, 3.63) is 56.8 Å². The van der Waals surface area contributed by atoms with Crippen molar-refractivity contribution in [1.82, 2.24) is 0 Å². The second kappa shape index (κ2) is 6.27. The normalized spacial score (nSPS) is 11.8. The van der Waals surface area contributed by atoms with Crippen LogP contribution in [0.2, 0.25) is 0 Å². The quantitative estimate of drug-likeness (QED) is 0.383. The molecular formula is C13H12N2O4S. The Balaban J connectivity index is 2.10. The molecule has 1 aromatic heterocycles. The van der Waals surface area contributed by atoms with E-state index in [1.807, 2.05) is 5.38 Å². The maximum absolute atomic E-state index is 12.1. The van der Waals surface area contributed by atoms with Crippen LogP contribution in [0.3, 0.4) is 0 Å². The fourth-order valence-electron chi connectivity index (χ4n) is 1.61. The molecule has 0 aliphatic heterocycles. The Morgan fingerprint density at radius 1 is 1.35 bits per heavy atom. The number of Topliss-reactive ketones (excluding diaryl/α,β-unsaturated/α-hetero) is 1. The average molecular weight is 292 g/mol. The molecule has 0 fully saturated rings. The Morgan fingerprint density at radius 2 is 2.05 bits per heavy atom. The van der Waals surface area contributed by atoms with Crippen molar-refractivity contribution in [2.75, 3.05) is 12.4 Å². The molecule has 1 aromatic carbocycles. The summed E-state index contributed by atoms with van der Waals surface area (Å²) in [5.41, 5.74) is 0.571. The van der Waals surface area contributed by atoms with Crippen molar-refractivity contribution in [1.29, 1.82) is 0 Å². The maximum atomic E-state index is 12.1. The number of thiophene rings is 1. The summed E-state index contributed by atoms with van der Waals surface area (Å²) >= 11 is 1.33. The van der Waals surface area contributed by atoms with E-state index in [0.717, 1.165) is 0 Å². The first kappa shape index (κ1) is 14.2. The minimum absolute atomic E-state index is 0.00546. The number of rotatable bonds is 6. The third-order valence-corrected chi connectivity index (χ3v) is 3.50. The molecule has 20 heavy (non-hydrogen) atoms. The smallest absolute Gasteiger partial charge is 0.269 e. The van der Waals surface area contributed by atoms with E-state index in [2.05, 4.69) is 5.32 Å². The fraction of sp³-hybridized carbons (Fsp3) is 0.154. The first-order chi connectivity index (χ1) is 9.61. The molecule has 1 N–H and O–H groups in total. The second-order valence-corrected chi connectivity index (χ2v) is 4.85. The van der Waals surface area contributed by atoms with Crippen LogP contribution in [-0.2, 0) is 4.74 Å². The number of non-ortho nitro benzene ring substituents is 1. The second-order valence-electron chi connectivity index (χ2n) is 3.91. The van der Waals surface area contributed by atoms with Crippen LogP contribution in [0, 0.1) is 10.1 Å². The minimum Gasteiger partial charge on any atom is -0.354 e. The van der Waals surface area contributed by atoms with E-state index in [0.29, 0.717) is 10.6 Å². The Hall–Kier alpha value is -2.25. The van der Waals surface area contributed by atoms with E-state index in [1.54, 1.807) is 12.1 Å². The fourth-order valence-corrected chi connectivity index (χ4v) is 2.29. The van der Waals surface area contributed by atoms with Gasteiger partial charge in [0.15, 0.2) is 6.23 Å². The molecule has 0 aliphatic rings. The average Bonchev–Trinajstić information content (AvgIpc) is 2.98. The molecule has 1 unspecified atom stereocenters. The van der Waals surface area contributed by atoms with Gasteiger partial charge >= 0.3 is 0 Å². The van der Waals surface area contributed by atoms with Crippen molar-refractivity contribution in [2.45, 2.75) is 6.23 Å². The highest BCUT2D eigenvalue weighted by Gasteiger charge is 2.20. The van der Waals surface area contributed by atoms with Gasteiger partial charge in [-0.2, -0.15) is 0 Å². The zero-order valence-electron chi connectivity index (χ0n) is 10.6. The van der Waals surface area contributed by atoms with Gasteiger partial charge in [0.25, 0.3) is 5.69 Å². The number of hydrogen-bond donors (Lipinski definition) is 1. The molecular weight excluding hydrogens is 280 g/mol. The molecule has 2 aromatic rings. The Labute approximate surface area is 119 Å². The maximum Gasteiger partial charge on any atom is 0.269 e. The van der Waals surface area contributed by atoms with Gasteiger partial charge in [-0.15, -0.1) is 11.3 Å². The summed E-state index contributed by atoms with van der Waals surface area (Å²) in [7, 11) is 1.43. The lowest BCUT2D eigenvalue weighted by Crippen LogP contribution is -2.30. The Kier molecular flexibility index (Phi) is 4.44. The third kappa shape index (κ3) is 3.19. The van der Waals surface area contributed by atoms with Crippen LogP contribution in [0.1, 0.15) is 9.67 Å². The molecule has 6 nitrogen and oxygen atoms in total. The summed E-state index contributed by atoms with van der Waals surface area (Å²) in [6, 6.07) is 9.31. The number of hydrogen-bond acceptors (Lipinski definition) is 6. The molecule has 7 heteroatoms. The monoisotopic (exact) mass is 292 g/mol. The van der Waals surface area contributed by atoms with E-state index in [9.17, 15) is 14.9 Å². The Bertz CT molecular complexity index is 595. The van der Waals surface area contributed by atoms with Crippen LogP contribution < -0.4 is 5.32 Å².